The Morgan fingerprint density at radius 1 is 1.05 bits per heavy atom. The molecule has 1 aromatic carbocycles. The second-order valence-corrected chi connectivity index (χ2v) is 5.76. The smallest absolute Gasteiger partial charge is 0.311 e. The molecule has 0 heterocycles. The Kier molecular flexibility index (Phi) is 6.68. The topological polar surface area (TPSA) is 15.3 Å². The van der Waals surface area contributed by atoms with E-state index in [0.717, 1.165) is 12.6 Å². The van der Waals surface area contributed by atoms with Crippen LogP contribution in [0.1, 0.15) is 38.8 Å². The largest absolute Gasteiger partial charge is 0.416 e. The molecule has 0 aliphatic heterocycles. The van der Waals surface area contributed by atoms with Crippen molar-refractivity contribution in [3.05, 3.63) is 35.4 Å². The molecular weight excluding hydrogens is 277 g/mol. The molecule has 0 unspecified atom stereocenters. The molecule has 1 rings (SSSR count). The van der Waals surface area contributed by atoms with Crippen LogP contribution < -0.4 is 5.32 Å². The predicted octanol–water partition coefficient (Wildman–Crippen LogP) is 3.91. The molecule has 0 amide bonds. The van der Waals surface area contributed by atoms with Gasteiger partial charge in [0.25, 0.3) is 0 Å². The molecule has 0 spiro atoms. The van der Waals surface area contributed by atoms with Crippen molar-refractivity contribution in [3.8, 4) is 0 Å². The van der Waals surface area contributed by atoms with Gasteiger partial charge in [-0.2, -0.15) is 13.2 Å². The first-order valence-corrected chi connectivity index (χ1v) is 7.35. The first-order chi connectivity index (χ1) is 9.73. The summed E-state index contributed by atoms with van der Waals surface area (Å²) in [5, 5.41) is 3.11. The van der Waals surface area contributed by atoms with Gasteiger partial charge in [-0.3, -0.25) is 4.90 Å². The van der Waals surface area contributed by atoms with E-state index >= 15 is 0 Å². The van der Waals surface area contributed by atoms with Crippen molar-refractivity contribution >= 4 is 0 Å². The minimum absolute atomic E-state index is 0.236. The van der Waals surface area contributed by atoms with E-state index in [9.17, 15) is 13.2 Å². The van der Waals surface area contributed by atoms with E-state index in [1.807, 2.05) is 0 Å². The molecule has 2 nitrogen and oxygen atoms in total. The number of alkyl halides is 3. The molecule has 5 heteroatoms. The SMILES string of the molecule is CC(C)N(CCNCc1ccccc1C(F)(F)F)C(C)C. The average molecular weight is 302 g/mol. The second kappa shape index (κ2) is 7.80. The summed E-state index contributed by atoms with van der Waals surface area (Å²) in [6, 6.07) is 6.57. The first-order valence-electron chi connectivity index (χ1n) is 7.35. The van der Waals surface area contributed by atoms with Gasteiger partial charge in [-0.15, -0.1) is 0 Å². The number of hydrogen-bond acceptors (Lipinski definition) is 2. The normalized spacial score (nSPS) is 12.7. The van der Waals surface area contributed by atoms with Crippen molar-refractivity contribution in [1.82, 2.24) is 10.2 Å². The number of benzene rings is 1. The molecular formula is C16H25F3N2. The van der Waals surface area contributed by atoms with Crippen LogP contribution in [0.15, 0.2) is 24.3 Å². The Hall–Kier alpha value is -1.07. The predicted molar refractivity (Wildman–Crippen MR) is 80.1 cm³/mol. The monoisotopic (exact) mass is 302 g/mol. The van der Waals surface area contributed by atoms with Gasteiger partial charge in [-0.25, -0.2) is 0 Å². The van der Waals surface area contributed by atoms with Crippen LogP contribution in [0, 0.1) is 0 Å². The van der Waals surface area contributed by atoms with Gasteiger partial charge in [-0.1, -0.05) is 18.2 Å². The minimum atomic E-state index is -4.29. The van der Waals surface area contributed by atoms with Gasteiger partial charge in [0.15, 0.2) is 0 Å². The van der Waals surface area contributed by atoms with Crippen molar-refractivity contribution in [3.63, 3.8) is 0 Å². The highest BCUT2D eigenvalue weighted by Gasteiger charge is 2.32. The Labute approximate surface area is 125 Å². The lowest BCUT2D eigenvalue weighted by Crippen LogP contribution is -2.41. The van der Waals surface area contributed by atoms with E-state index in [-0.39, 0.29) is 6.54 Å². The van der Waals surface area contributed by atoms with Crippen LogP contribution >= 0.6 is 0 Å². The maximum absolute atomic E-state index is 12.9. The van der Waals surface area contributed by atoms with E-state index in [0.29, 0.717) is 24.2 Å². The molecule has 1 aromatic rings. The molecule has 21 heavy (non-hydrogen) atoms. The third-order valence-corrected chi connectivity index (χ3v) is 3.51. The molecule has 0 aromatic heterocycles. The zero-order valence-electron chi connectivity index (χ0n) is 13.2. The minimum Gasteiger partial charge on any atom is -0.311 e. The summed E-state index contributed by atoms with van der Waals surface area (Å²) in [6.45, 7) is 10.2. The Bertz CT molecular complexity index is 420. The van der Waals surface area contributed by atoms with Gasteiger partial charge < -0.3 is 5.32 Å². The summed E-state index contributed by atoms with van der Waals surface area (Å²) >= 11 is 0. The lowest BCUT2D eigenvalue weighted by atomic mass is 10.1. The van der Waals surface area contributed by atoms with Crippen LogP contribution in [0.25, 0.3) is 0 Å². The molecule has 120 valence electrons. The van der Waals surface area contributed by atoms with Gasteiger partial charge >= 0.3 is 6.18 Å². The zero-order chi connectivity index (χ0) is 16.0. The van der Waals surface area contributed by atoms with Crippen LogP contribution in [0.4, 0.5) is 13.2 Å². The summed E-state index contributed by atoms with van der Waals surface area (Å²) in [5.74, 6) is 0. The zero-order valence-corrected chi connectivity index (χ0v) is 13.2. The summed E-state index contributed by atoms with van der Waals surface area (Å²) < 4.78 is 38.6. The quantitative estimate of drug-likeness (QED) is 0.768. The average Bonchev–Trinajstić information content (AvgIpc) is 2.36. The molecule has 0 saturated heterocycles. The van der Waals surface area contributed by atoms with Gasteiger partial charge in [0.2, 0.25) is 0 Å². The van der Waals surface area contributed by atoms with Crippen LogP contribution in [0.3, 0.4) is 0 Å². The van der Waals surface area contributed by atoms with Crippen LogP contribution in [-0.4, -0.2) is 30.1 Å². The highest BCUT2D eigenvalue weighted by Crippen LogP contribution is 2.31. The summed E-state index contributed by atoms with van der Waals surface area (Å²) in [7, 11) is 0. The standard InChI is InChI=1S/C16H25F3N2/c1-12(2)21(13(3)4)10-9-20-11-14-7-5-6-8-15(14)16(17,18)19/h5-8,12-13,20H,9-11H2,1-4H3. The Morgan fingerprint density at radius 2 is 1.62 bits per heavy atom. The summed E-state index contributed by atoms with van der Waals surface area (Å²) in [6.07, 6.45) is -4.29. The number of rotatable bonds is 7. The van der Waals surface area contributed by atoms with Crippen LogP contribution in [0.2, 0.25) is 0 Å². The van der Waals surface area contributed by atoms with Crippen molar-refractivity contribution in [1.29, 1.82) is 0 Å². The maximum atomic E-state index is 12.9. The van der Waals surface area contributed by atoms with E-state index < -0.39 is 11.7 Å². The highest BCUT2D eigenvalue weighted by molar-refractivity contribution is 5.29. The van der Waals surface area contributed by atoms with Gasteiger partial charge in [0.1, 0.15) is 0 Å². The van der Waals surface area contributed by atoms with E-state index in [1.165, 1.54) is 12.1 Å². The third kappa shape index (κ3) is 5.67. The van der Waals surface area contributed by atoms with Gasteiger partial charge in [-0.05, 0) is 39.3 Å². The Balaban J connectivity index is 2.54. The molecule has 0 aliphatic carbocycles. The number of hydrogen-bond donors (Lipinski definition) is 1. The highest BCUT2D eigenvalue weighted by atomic mass is 19.4. The molecule has 0 aliphatic rings. The fraction of sp³-hybridized carbons (Fsp3) is 0.625. The fourth-order valence-corrected chi connectivity index (χ4v) is 2.49. The van der Waals surface area contributed by atoms with Gasteiger partial charge in [0, 0.05) is 31.7 Å². The maximum Gasteiger partial charge on any atom is 0.416 e. The van der Waals surface area contributed by atoms with Crippen molar-refractivity contribution in [2.75, 3.05) is 13.1 Å². The van der Waals surface area contributed by atoms with E-state index in [1.54, 1.807) is 6.07 Å². The van der Waals surface area contributed by atoms with Crippen molar-refractivity contribution < 1.29 is 13.2 Å². The Morgan fingerprint density at radius 3 is 2.14 bits per heavy atom. The number of nitrogens with one attached hydrogen (secondary N) is 1. The summed E-state index contributed by atoms with van der Waals surface area (Å²) in [5.41, 5.74) is -0.257. The molecule has 0 saturated carbocycles. The van der Waals surface area contributed by atoms with E-state index in [2.05, 4.69) is 37.9 Å². The molecule has 0 fully saturated rings. The molecule has 0 radical (unpaired) electrons. The molecule has 0 atom stereocenters. The van der Waals surface area contributed by atoms with Crippen LogP contribution in [-0.2, 0) is 12.7 Å². The lowest BCUT2D eigenvalue weighted by Gasteiger charge is -2.30. The molecule has 1 N–H and O–H groups in total. The van der Waals surface area contributed by atoms with E-state index in [4.69, 9.17) is 0 Å². The summed E-state index contributed by atoms with van der Waals surface area (Å²) in [4.78, 5) is 2.31. The first kappa shape index (κ1) is 18.0. The second-order valence-electron chi connectivity index (χ2n) is 5.76. The fourth-order valence-electron chi connectivity index (χ4n) is 2.49. The number of nitrogens with zero attached hydrogens (tertiary/aromatic N) is 1. The number of halogens is 3. The van der Waals surface area contributed by atoms with Crippen LogP contribution in [0.5, 0.6) is 0 Å². The van der Waals surface area contributed by atoms with Crippen molar-refractivity contribution in [2.24, 2.45) is 0 Å². The van der Waals surface area contributed by atoms with Gasteiger partial charge in [0.05, 0.1) is 5.56 Å². The van der Waals surface area contributed by atoms with Crippen molar-refractivity contribution in [2.45, 2.75) is 52.5 Å². The third-order valence-electron chi connectivity index (χ3n) is 3.51. The molecule has 0 bridgehead atoms. The lowest BCUT2D eigenvalue weighted by molar-refractivity contribution is -0.138.